The van der Waals surface area contributed by atoms with Gasteiger partial charge in [0.05, 0.1) is 6.42 Å². The van der Waals surface area contributed by atoms with Gasteiger partial charge in [-0.2, -0.15) is 0 Å². The first-order valence-electron chi connectivity index (χ1n) is 6.17. The molecule has 0 bridgehead atoms. The summed E-state index contributed by atoms with van der Waals surface area (Å²) in [4.78, 5) is 21.5. The van der Waals surface area contributed by atoms with Crippen LogP contribution in [0.25, 0.3) is 0 Å². The van der Waals surface area contributed by atoms with E-state index in [-0.39, 0.29) is 18.7 Å². The highest BCUT2D eigenvalue weighted by molar-refractivity contribution is 5.80. The van der Waals surface area contributed by atoms with E-state index in [0.717, 1.165) is 12.3 Å². The third-order valence-electron chi connectivity index (χ3n) is 3.17. The van der Waals surface area contributed by atoms with E-state index in [4.69, 9.17) is 5.11 Å². The van der Waals surface area contributed by atoms with Crippen LogP contribution in [0.5, 0.6) is 0 Å². The lowest BCUT2D eigenvalue weighted by Gasteiger charge is -2.21. The largest absolute Gasteiger partial charge is 0.481 e. The predicted octanol–water partition coefficient (Wildman–Crippen LogP) is 1.94. The third kappa shape index (κ3) is 5.73. The highest BCUT2D eigenvalue weighted by Gasteiger charge is 2.13. The number of carbonyl (C=O) groups is 2. The van der Waals surface area contributed by atoms with Crippen molar-refractivity contribution < 1.29 is 14.7 Å². The van der Waals surface area contributed by atoms with Gasteiger partial charge in [-0.25, -0.2) is 0 Å². The minimum absolute atomic E-state index is 0.0741. The Morgan fingerprint density at radius 2 is 1.81 bits per heavy atom. The number of carboxylic acid groups (broad SMARTS) is 1. The molecule has 1 saturated carbocycles. The number of aliphatic carboxylic acids is 1. The predicted molar refractivity (Wildman–Crippen MR) is 61.1 cm³/mol. The number of carbonyl (C=O) groups excluding carboxylic acids is 1. The van der Waals surface area contributed by atoms with E-state index in [0.29, 0.717) is 6.54 Å². The van der Waals surface area contributed by atoms with Crippen molar-refractivity contribution in [3.8, 4) is 0 Å². The van der Waals surface area contributed by atoms with E-state index >= 15 is 0 Å². The molecule has 1 aliphatic rings. The standard InChI is InChI=1S/C12H21NO3/c14-11(6-7-12(15)16)13-9-8-10-4-2-1-3-5-10/h10H,1-9H2,(H,13,14)(H,15,16). The second-order valence-electron chi connectivity index (χ2n) is 4.54. The Kier molecular flexibility index (Phi) is 5.90. The quantitative estimate of drug-likeness (QED) is 0.728. The van der Waals surface area contributed by atoms with E-state index in [1.54, 1.807) is 0 Å². The number of carboxylic acids is 1. The van der Waals surface area contributed by atoms with Crippen molar-refractivity contribution in [1.82, 2.24) is 5.32 Å². The molecule has 1 amide bonds. The second-order valence-corrected chi connectivity index (χ2v) is 4.54. The molecular formula is C12H21NO3. The number of nitrogens with one attached hydrogen (secondary N) is 1. The molecule has 4 nitrogen and oxygen atoms in total. The van der Waals surface area contributed by atoms with E-state index in [1.807, 2.05) is 0 Å². The third-order valence-corrected chi connectivity index (χ3v) is 3.17. The molecule has 0 aromatic rings. The van der Waals surface area contributed by atoms with E-state index < -0.39 is 5.97 Å². The molecule has 4 heteroatoms. The summed E-state index contributed by atoms with van der Waals surface area (Å²) in [6, 6.07) is 0. The van der Waals surface area contributed by atoms with Gasteiger partial charge in [-0.1, -0.05) is 32.1 Å². The molecule has 0 heterocycles. The zero-order chi connectivity index (χ0) is 11.8. The number of hydrogen-bond donors (Lipinski definition) is 2. The molecule has 1 rings (SSSR count). The van der Waals surface area contributed by atoms with Crippen molar-refractivity contribution in [3.05, 3.63) is 0 Å². The molecule has 0 radical (unpaired) electrons. The van der Waals surface area contributed by atoms with Gasteiger partial charge in [0.25, 0.3) is 0 Å². The fourth-order valence-electron chi connectivity index (χ4n) is 2.20. The monoisotopic (exact) mass is 227 g/mol. The molecule has 0 aliphatic heterocycles. The van der Waals surface area contributed by atoms with Crippen LogP contribution < -0.4 is 5.32 Å². The van der Waals surface area contributed by atoms with E-state index in [9.17, 15) is 9.59 Å². The maximum atomic E-state index is 11.2. The van der Waals surface area contributed by atoms with Gasteiger partial charge in [0.2, 0.25) is 5.91 Å². The van der Waals surface area contributed by atoms with Crippen molar-refractivity contribution in [1.29, 1.82) is 0 Å². The van der Waals surface area contributed by atoms with Gasteiger partial charge in [0, 0.05) is 13.0 Å². The lowest BCUT2D eigenvalue weighted by Crippen LogP contribution is -2.26. The average molecular weight is 227 g/mol. The lowest BCUT2D eigenvalue weighted by molar-refractivity contribution is -0.138. The van der Waals surface area contributed by atoms with Gasteiger partial charge in [0.15, 0.2) is 0 Å². The minimum Gasteiger partial charge on any atom is -0.481 e. The Bertz CT molecular complexity index is 234. The maximum Gasteiger partial charge on any atom is 0.303 e. The smallest absolute Gasteiger partial charge is 0.303 e. The van der Waals surface area contributed by atoms with E-state index in [2.05, 4.69) is 5.32 Å². The van der Waals surface area contributed by atoms with Crippen LogP contribution in [0.15, 0.2) is 0 Å². The molecule has 1 aliphatic carbocycles. The summed E-state index contributed by atoms with van der Waals surface area (Å²) in [6.45, 7) is 0.698. The Labute approximate surface area is 96.4 Å². The van der Waals surface area contributed by atoms with Crippen LogP contribution in [0.3, 0.4) is 0 Å². The lowest BCUT2D eigenvalue weighted by atomic mass is 9.87. The Morgan fingerprint density at radius 3 is 2.44 bits per heavy atom. The Hall–Kier alpha value is -1.06. The summed E-state index contributed by atoms with van der Waals surface area (Å²) >= 11 is 0. The van der Waals surface area contributed by atoms with Crippen molar-refractivity contribution >= 4 is 11.9 Å². The molecule has 0 atom stereocenters. The first-order chi connectivity index (χ1) is 7.68. The maximum absolute atomic E-state index is 11.2. The molecule has 0 saturated heterocycles. The van der Waals surface area contributed by atoms with E-state index in [1.165, 1.54) is 32.1 Å². The average Bonchev–Trinajstić information content (AvgIpc) is 2.28. The first kappa shape index (κ1) is 13.0. The van der Waals surface area contributed by atoms with Crippen LogP contribution in [-0.4, -0.2) is 23.5 Å². The molecule has 2 N–H and O–H groups in total. The fraction of sp³-hybridized carbons (Fsp3) is 0.833. The highest BCUT2D eigenvalue weighted by Crippen LogP contribution is 2.25. The zero-order valence-electron chi connectivity index (χ0n) is 9.71. The van der Waals surface area contributed by atoms with Gasteiger partial charge < -0.3 is 10.4 Å². The van der Waals surface area contributed by atoms with Gasteiger partial charge in [-0.05, 0) is 12.3 Å². The van der Waals surface area contributed by atoms with Crippen molar-refractivity contribution in [2.24, 2.45) is 5.92 Å². The number of rotatable bonds is 6. The van der Waals surface area contributed by atoms with Crippen LogP contribution in [0.2, 0.25) is 0 Å². The summed E-state index contributed by atoms with van der Waals surface area (Å²) in [6.07, 6.45) is 7.61. The van der Waals surface area contributed by atoms with Gasteiger partial charge in [-0.3, -0.25) is 9.59 Å². The normalized spacial score (nSPS) is 17.0. The SMILES string of the molecule is O=C(O)CCC(=O)NCCC1CCCCC1. The number of amides is 1. The summed E-state index contributed by atoms with van der Waals surface area (Å²) in [5.41, 5.74) is 0. The molecular weight excluding hydrogens is 206 g/mol. The molecule has 0 unspecified atom stereocenters. The van der Waals surface area contributed by atoms with Crippen LogP contribution in [0.1, 0.15) is 51.4 Å². The summed E-state index contributed by atoms with van der Waals surface area (Å²) in [5.74, 6) is -0.297. The highest BCUT2D eigenvalue weighted by atomic mass is 16.4. The Balaban J connectivity index is 2.01. The zero-order valence-corrected chi connectivity index (χ0v) is 9.71. The molecule has 1 fully saturated rings. The summed E-state index contributed by atoms with van der Waals surface area (Å²) < 4.78 is 0. The topological polar surface area (TPSA) is 66.4 Å². The molecule has 92 valence electrons. The van der Waals surface area contributed by atoms with Crippen molar-refractivity contribution in [3.63, 3.8) is 0 Å². The molecule has 0 spiro atoms. The molecule has 0 aromatic heterocycles. The van der Waals surface area contributed by atoms with Crippen LogP contribution in [0.4, 0.5) is 0 Å². The first-order valence-corrected chi connectivity index (χ1v) is 6.17. The summed E-state index contributed by atoms with van der Waals surface area (Å²) in [5, 5.41) is 11.2. The van der Waals surface area contributed by atoms with Crippen LogP contribution in [0, 0.1) is 5.92 Å². The minimum atomic E-state index is -0.914. The van der Waals surface area contributed by atoms with Crippen molar-refractivity contribution in [2.45, 2.75) is 51.4 Å². The second kappa shape index (κ2) is 7.25. The van der Waals surface area contributed by atoms with Gasteiger partial charge >= 0.3 is 5.97 Å². The molecule has 0 aromatic carbocycles. The van der Waals surface area contributed by atoms with Crippen LogP contribution >= 0.6 is 0 Å². The number of hydrogen-bond acceptors (Lipinski definition) is 2. The van der Waals surface area contributed by atoms with Crippen molar-refractivity contribution in [2.75, 3.05) is 6.54 Å². The van der Waals surface area contributed by atoms with Gasteiger partial charge in [0.1, 0.15) is 0 Å². The van der Waals surface area contributed by atoms with Crippen LogP contribution in [-0.2, 0) is 9.59 Å². The molecule has 16 heavy (non-hydrogen) atoms. The fourth-order valence-corrected chi connectivity index (χ4v) is 2.20. The Morgan fingerprint density at radius 1 is 1.12 bits per heavy atom. The summed E-state index contributed by atoms with van der Waals surface area (Å²) in [7, 11) is 0. The van der Waals surface area contributed by atoms with Gasteiger partial charge in [-0.15, -0.1) is 0 Å².